The minimum Gasteiger partial charge on any atom is -0.436 e. The standard InChI is InChI=1S/C14H18ClFN2O3/c1-2-3-7-11(21-14(17)20)13(19)18-8-9-5-4-6-10(15)12(9)16/h4-6,11H,2-3,7-8H2,1H3,(H2,17,20)(H,18,19)/t11-/m0/s1. The summed E-state index contributed by atoms with van der Waals surface area (Å²) in [5, 5.41) is 2.49. The predicted molar refractivity (Wildman–Crippen MR) is 77.2 cm³/mol. The van der Waals surface area contributed by atoms with Gasteiger partial charge in [0.25, 0.3) is 5.91 Å². The average Bonchev–Trinajstić information content (AvgIpc) is 2.44. The number of primary amides is 1. The van der Waals surface area contributed by atoms with E-state index in [0.29, 0.717) is 12.8 Å². The maximum absolute atomic E-state index is 13.7. The highest BCUT2D eigenvalue weighted by Gasteiger charge is 2.21. The zero-order valence-electron chi connectivity index (χ0n) is 11.7. The van der Waals surface area contributed by atoms with Gasteiger partial charge >= 0.3 is 6.09 Å². The minimum absolute atomic E-state index is 0.0160. The molecule has 1 atom stereocenters. The van der Waals surface area contributed by atoms with Crippen LogP contribution in [0.25, 0.3) is 0 Å². The highest BCUT2D eigenvalue weighted by atomic mass is 35.5. The molecule has 0 aliphatic rings. The topological polar surface area (TPSA) is 81.4 Å². The van der Waals surface area contributed by atoms with Crippen LogP contribution in [0, 0.1) is 5.82 Å². The second-order valence-electron chi connectivity index (χ2n) is 4.50. The number of unbranched alkanes of at least 4 members (excludes halogenated alkanes) is 1. The molecule has 0 aromatic heterocycles. The van der Waals surface area contributed by atoms with Crippen molar-refractivity contribution in [2.75, 3.05) is 0 Å². The lowest BCUT2D eigenvalue weighted by Crippen LogP contribution is -2.38. The van der Waals surface area contributed by atoms with Crippen molar-refractivity contribution in [3.63, 3.8) is 0 Å². The number of halogens is 2. The summed E-state index contributed by atoms with van der Waals surface area (Å²) in [5.41, 5.74) is 5.19. The van der Waals surface area contributed by atoms with Crippen LogP contribution < -0.4 is 11.1 Å². The fraction of sp³-hybridized carbons (Fsp3) is 0.429. The maximum Gasteiger partial charge on any atom is 0.405 e. The van der Waals surface area contributed by atoms with Crippen LogP contribution >= 0.6 is 11.6 Å². The molecule has 1 aromatic carbocycles. The summed E-state index contributed by atoms with van der Waals surface area (Å²) in [7, 11) is 0. The number of rotatable bonds is 7. The molecule has 0 aliphatic heterocycles. The van der Waals surface area contributed by atoms with Crippen LogP contribution in [0.2, 0.25) is 5.02 Å². The molecule has 1 aromatic rings. The molecule has 116 valence electrons. The molecule has 2 amide bonds. The zero-order valence-corrected chi connectivity index (χ0v) is 12.5. The Balaban J connectivity index is 2.64. The summed E-state index contributed by atoms with van der Waals surface area (Å²) >= 11 is 5.66. The number of benzene rings is 1. The fourth-order valence-electron chi connectivity index (χ4n) is 1.75. The van der Waals surface area contributed by atoms with Gasteiger partial charge in [0.2, 0.25) is 0 Å². The Hall–Kier alpha value is -1.82. The first-order valence-corrected chi connectivity index (χ1v) is 7.00. The van der Waals surface area contributed by atoms with Crippen molar-refractivity contribution < 1.29 is 18.7 Å². The van der Waals surface area contributed by atoms with Crippen molar-refractivity contribution in [1.82, 2.24) is 5.32 Å². The first-order valence-electron chi connectivity index (χ1n) is 6.62. The van der Waals surface area contributed by atoms with Gasteiger partial charge < -0.3 is 15.8 Å². The van der Waals surface area contributed by atoms with E-state index in [2.05, 4.69) is 5.32 Å². The third-order valence-corrected chi connectivity index (χ3v) is 3.15. The number of nitrogens with one attached hydrogen (secondary N) is 1. The van der Waals surface area contributed by atoms with E-state index in [1.807, 2.05) is 6.92 Å². The van der Waals surface area contributed by atoms with Gasteiger partial charge in [-0.3, -0.25) is 4.79 Å². The lowest BCUT2D eigenvalue weighted by atomic mass is 10.1. The lowest BCUT2D eigenvalue weighted by molar-refractivity contribution is -0.130. The Morgan fingerprint density at radius 1 is 1.48 bits per heavy atom. The van der Waals surface area contributed by atoms with Crippen LogP contribution in [0.3, 0.4) is 0 Å². The Morgan fingerprint density at radius 3 is 2.81 bits per heavy atom. The van der Waals surface area contributed by atoms with E-state index < -0.39 is 23.9 Å². The van der Waals surface area contributed by atoms with Gasteiger partial charge in [0.05, 0.1) is 5.02 Å². The number of hydrogen-bond donors (Lipinski definition) is 2. The Labute approximate surface area is 127 Å². The monoisotopic (exact) mass is 316 g/mol. The predicted octanol–water partition coefficient (Wildman–Crippen LogP) is 2.75. The molecule has 5 nitrogen and oxygen atoms in total. The third-order valence-electron chi connectivity index (χ3n) is 2.86. The van der Waals surface area contributed by atoms with Crippen molar-refractivity contribution >= 4 is 23.6 Å². The van der Waals surface area contributed by atoms with Crippen molar-refractivity contribution in [3.8, 4) is 0 Å². The van der Waals surface area contributed by atoms with E-state index in [9.17, 15) is 14.0 Å². The molecule has 0 bridgehead atoms. The number of amides is 2. The molecule has 0 spiro atoms. The molecule has 0 fully saturated rings. The van der Waals surface area contributed by atoms with Crippen LogP contribution in [0.4, 0.5) is 9.18 Å². The molecule has 0 saturated heterocycles. The molecule has 0 heterocycles. The van der Waals surface area contributed by atoms with Crippen LogP contribution in [0.15, 0.2) is 18.2 Å². The SMILES string of the molecule is CCCC[C@H](OC(N)=O)C(=O)NCc1cccc(Cl)c1F. The lowest BCUT2D eigenvalue weighted by Gasteiger charge is -2.16. The molecule has 3 N–H and O–H groups in total. The van der Waals surface area contributed by atoms with E-state index in [-0.39, 0.29) is 17.1 Å². The number of carbonyl (C=O) groups is 2. The third kappa shape index (κ3) is 5.59. The van der Waals surface area contributed by atoms with Gasteiger partial charge in [0.15, 0.2) is 6.10 Å². The minimum atomic E-state index is -1.01. The molecular weight excluding hydrogens is 299 g/mol. The molecule has 0 radical (unpaired) electrons. The van der Waals surface area contributed by atoms with Crippen LogP contribution in [-0.2, 0) is 16.1 Å². The van der Waals surface area contributed by atoms with Crippen molar-refractivity contribution in [2.24, 2.45) is 5.73 Å². The van der Waals surface area contributed by atoms with Crippen LogP contribution in [0.5, 0.6) is 0 Å². The molecule has 21 heavy (non-hydrogen) atoms. The fourth-order valence-corrected chi connectivity index (χ4v) is 1.95. The van der Waals surface area contributed by atoms with Crippen molar-refractivity contribution in [3.05, 3.63) is 34.6 Å². The maximum atomic E-state index is 13.7. The second-order valence-corrected chi connectivity index (χ2v) is 4.91. The average molecular weight is 317 g/mol. The first kappa shape index (κ1) is 17.2. The molecule has 0 saturated carbocycles. The molecule has 0 aliphatic carbocycles. The summed E-state index contributed by atoms with van der Waals surface area (Å²) in [6.07, 6.45) is -0.0699. The molecule has 0 unspecified atom stereocenters. The molecule has 1 rings (SSSR count). The first-order chi connectivity index (χ1) is 9.95. The van der Waals surface area contributed by atoms with Gasteiger partial charge in [-0.15, -0.1) is 0 Å². The number of ether oxygens (including phenoxy) is 1. The van der Waals surface area contributed by atoms with Gasteiger partial charge in [0.1, 0.15) is 5.82 Å². The molecule has 7 heteroatoms. The van der Waals surface area contributed by atoms with E-state index in [1.165, 1.54) is 12.1 Å². The van der Waals surface area contributed by atoms with Crippen molar-refractivity contribution in [2.45, 2.75) is 38.8 Å². The summed E-state index contributed by atoms with van der Waals surface area (Å²) in [5.74, 6) is -1.10. The van der Waals surface area contributed by atoms with E-state index in [1.54, 1.807) is 6.07 Å². The largest absolute Gasteiger partial charge is 0.436 e. The highest BCUT2D eigenvalue weighted by molar-refractivity contribution is 6.30. The van der Waals surface area contributed by atoms with Crippen LogP contribution in [0.1, 0.15) is 31.7 Å². The molecular formula is C14H18ClFN2O3. The van der Waals surface area contributed by atoms with Gasteiger partial charge in [-0.2, -0.15) is 0 Å². The summed E-state index contributed by atoms with van der Waals surface area (Å²) in [6, 6.07) is 4.52. The summed E-state index contributed by atoms with van der Waals surface area (Å²) in [6.45, 7) is 1.90. The summed E-state index contributed by atoms with van der Waals surface area (Å²) in [4.78, 5) is 22.7. The second kappa shape index (κ2) is 8.46. The quantitative estimate of drug-likeness (QED) is 0.811. The van der Waals surface area contributed by atoms with E-state index >= 15 is 0 Å². The van der Waals surface area contributed by atoms with Gasteiger partial charge in [0, 0.05) is 12.1 Å². The Bertz CT molecular complexity index is 511. The number of nitrogens with two attached hydrogens (primary N) is 1. The highest BCUT2D eigenvalue weighted by Crippen LogP contribution is 2.17. The normalized spacial score (nSPS) is 11.8. The Morgan fingerprint density at radius 2 is 2.19 bits per heavy atom. The smallest absolute Gasteiger partial charge is 0.405 e. The van der Waals surface area contributed by atoms with Gasteiger partial charge in [-0.05, 0) is 18.9 Å². The summed E-state index contributed by atoms with van der Waals surface area (Å²) < 4.78 is 18.4. The van der Waals surface area contributed by atoms with Gasteiger partial charge in [-0.1, -0.05) is 37.1 Å². The van der Waals surface area contributed by atoms with Gasteiger partial charge in [-0.25, -0.2) is 9.18 Å². The van der Waals surface area contributed by atoms with E-state index in [0.717, 1.165) is 6.42 Å². The van der Waals surface area contributed by atoms with Crippen LogP contribution in [-0.4, -0.2) is 18.1 Å². The zero-order chi connectivity index (χ0) is 15.8. The number of hydrogen-bond acceptors (Lipinski definition) is 3. The Kier molecular flexibility index (Phi) is 6.94. The number of carbonyl (C=O) groups excluding carboxylic acids is 2. The van der Waals surface area contributed by atoms with Crippen molar-refractivity contribution in [1.29, 1.82) is 0 Å². The van der Waals surface area contributed by atoms with E-state index in [4.69, 9.17) is 22.1 Å².